The van der Waals surface area contributed by atoms with Gasteiger partial charge in [0.05, 0.1) is 6.33 Å². The average molecular weight is 567 g/mol. The fourth-order valence-electron chi connectivity index (χ4n) is 5.62. The Morgan fingerprint density at radius 3 is 2.48 bits per heavy atom. The first-order valence-electron chi connectivity index (χ1n) is 14.6. The predicted molar refractivity (Wildman–Crippen MR) is 164 cm³/mol. The van der Waals surface area contributed by atoms with E-state index in [1.54, 1.807) is 18.7 Å². The lowest BCUT2D eigenvalue weighted by molar-refractivity contribution is -0.139. The second-order valence-electron chi connectivity index (χ2n) is 10.9. The fraction of sp³-hybridized carbons (Fsp3) is 0.333. The van der Waals surface area contributed by atoms with Gasteiger partial charge in [0.15, 0.2) is 0 Å². The summed E-state index contributed by atoms with van der Waals surface area (Å²) in [5.74, 6) is 0.0859. The molecule has 0 aliphatic carbocycles. The minimum atomic E-state index is -1.06. The molecule has 1 unspecified atom stereocenters. The maximum atomic E-state index is 13.4. The van der Waals surface area contributed by atoms with Crippen LogP contribution >= 0.6 is 0 Å². The summed E-state index contributed by atoms with van der Waals surface area (Å²) >= 11 is 0. The number of carbonyl (C=O) groups is 2. The number of hydrogen-bond donors (Lipinski definition) is 3. The molecule has 1 aliphatic rings. The van der Waals surface area contributed by atoms with Crippen LogP contribution in [0.1, 0.15) is 46.8 Å². The van der Waals surface area contributed by atoms with Gasteiger partial charge in [-0.1, -0.05) is 25.1 Å². The van der Waals surface area contributed by atoms with Crippen molar-refractivity contribution in [3.8, 4) is 5.69 Å². The van der Waals surface area contributed by atoms with Crippen molar-refractivity contribution < 1.29 is 14.7 Å². The summed E-state index contributed by atoms with van der Waals surface area (Å²) in [5.41, 5.74) is 5.09. The molecule has 0 saturated carbocycles. The number of carbonyl (C=O) groups excluding carboxylic acids is 1. The maximum Gasteiger partial charge on any atom is 0.326 e. The highest BCUT2D eigenvalue weighted by Crippen LogP contribution is 2.25. The van der Waals surface area contributed by atoms with E-state index >= 15 is 0 Å². The lowest BCUT2D eigenvalue weighted by atomic mass is 9.96. The van der Waals surface area contributed by atoms with Crippen LogP contribution in [-0.4, -0.2) is 57.2 Å². The predicted octanol–water partition coefficient (Wildman–Crippen LogP) is 4.89. The number of pyridine rings is 1. The van der Waals surface area contributed by atoms with E-state index in [1.807, 2.05) is 67.1 Å². The van der Waals surface area contributed by atoms with Gasteiger partial charge in [-0.15, -0.1) is 0 Å². The van der Waals surface area contributed by atoms with Crippen LogP contribution < -0.4 is 15.5 Å². The van der Waals surface area contributed by atoms with Crippen LogP contribution in [-0.2, 0) is 17.6 Å². The number of aryl methyl sites for hydroxylation is 2. The zero-order valence-corrected chi connectivity index (χ0v) is 24.2. The van der Waals surface area contributed by atoms with Crippen molar-refractivity contribution in [2.75, 3.05) is 29.9 Å². The number of benzene rings is 2. The van der Waals surface area contributed by atoms with Crippen LogP contribution in [0.5, 0.6) is 0 Å². The zero-order chi connectivity index (χ0) is 29.5. The minimum absolute atomic E-state index is 0.205. The fourth-order valence-corrected chi connectivity index (χ4v) is 5.62. The molecule has 9 nitrogen and oxygen atoms in total. The summed E-state index contributed by atoms with van der Waals surface area (Å²) in [5, 5.41) is 16.2. The number of nitrogens with one attached hydrogen (secondary N) is 2. The Hall–Kier alpha value is -4.66. The van der Waals surface area contributed by atoms with Gasteiger partial charge >= 0.3 is 5.97 Å². The molecule has 0 spiro atoms. The van der Waals surface area contributed by atoms with Crippen molar-refractivity contribution in [3.63, 3.8) is 0 Å². The molecule has 0 radical (unpaired) electrons. The Balaban J connectivity index is 1.18. The minimum Gasteiger partial charge on any atom is -0.480 e. The number of aromatic nitrogens is 3. The molecule has 2 aromatic carbocycles. The third-order valence-electron chi connectivity index (χ3n) is 8.01. The van der Waals surface area contributed by atoms with Crippen molar-refractivity contribution in [2.24, 2.45) is 5.92 Å². The number of aliphatic carboxylic acids is 1. The van der Waals surface area contributed by atoms with Crippen LogP contribution in [0.25, 0.3) is 5.69 Å². The number of hydrogen-bond acceptors (Lipinski definition) is 6. The maximum absolute atomic E-state index is 13.4. The molecule has 9 heteroatoms. The molecule has 3 N–H and O–H groups in total. The standard InChI is InChI=1S/C33H38N6O3/c1-3-26-20-28(39-17-14-34-22-39)18-23(2)31(26)32(40)37-29(33(41)42)19-24-7-9-27(10-8-24)38-15-11-25(12-16-38)21-36-30-6-4-5-13-35-30/h4-10,13-14,17-18,20,22,25,29H,3,11-12,15-16,19,21H2,1-2H3,(H,35,36)(H,37,40)(H,41,42). The molecule has 1 aliphatic heterocycles. The molecule has 5 rings (SSSR count). The third-order valence-corrected chi connectivity index (χ3v) is 8.01. The van der Waals surface area contributed by atoms with E-state index in [-0.39, 0.29) is 12.3 Å². The van der Waals surface area contributed by atoms with Gasteiger partial charge in [-0.25, -0.2) is 14.8 Å². The topological polar surface area (TPSA) is 112 Å². The van der Waals surface area contributed by atoms with Crippen molar-refractivity contribution in [1.29, 1.82) is 0 Å². The summed E-state index contributed by atoms with van der Waals surface area (Å²) in [4.78, 5) is 36.3. The Bertz CT molecular complexity index is 1480. The molecule has 0 bridgehead atoms. The molecule has 1 atom stereocenters. The van der Waals surface area contributed by atoms with Crippen molar-refractivity contribution in [2.45, 2.75) is 45.6 Å². The van der Waals surface area contributed by atoms with E-state index in [0.717, 1.165) is 66.4 Å². The Morgan fingerprint density at radius 2 is 1.83 bits per heavy atom. The molecule has 1 fully saturated rings. The summed E-state index contributed by atoms with van der Waals surface area (Å²) in [6.45, 7) is 6.73. The number of carboxylic acids is 1. The Labute approximate surface area is 246 Å². The lowest BCUT2D eigenvalue weighted by Crippen LogP contribution is -2.42. The van der Waals surface area contributed by atoms with Gasteiger partial charge in [0.1, 0.15) is 11.9 Å². The van der Waals surface area contributed by atoms with E-state index in [9.17, 15) is 14.7 Å². The quantitative estimate of drug-likeness (QED) is 0.237. The van der Waals surface area contributed by atoms with Crippen molar-refractivity contribution >= 4 is 23.4 Å². The third kappa shape index (κ3) is 6.97. The first kappa shape index (κ1) is 28.9. The van der Waals surface area contributed by atoms with Crippen LogP contribution in [0.15, 0.2) is 79.5 Å². The van der Waals surface area contributed by atoms with Crippen LogP contribution in [0.4, 0.5) is 11.5 Å². The highest BCUT2D eigenvalue weighted by molar-refractivity contribution is 5.99. The normalized spacial score (nSPS) is 14.4. The van der Waals surface area contributed by atoms with E-state index in [4.69, 9.17) is 0 Å². The SMILES string of the molecule is CCc1cc(-n2ccnc2)cc(C)c1C(=O)NC(Cc1ccc(N2CCC(CNc3ccccn3)CC2)cc1)C(=O)O. The second kappa shape index (κ2) is 13.3. The average Bonchev–Trinajstić information content (AvgIpc) is 3.56. The largest absolute Gasteiger partial charge is 0.480 e. The first-order chi connectivity index (χ1) is 20.4. The number of anilines is 2. The highest BCUT2D eigenvalue weighted by Gasteiger charge is 2.24. The molecular weight excluding hydrogens is 528 g/mol. The smallest absolute Gasteiger partial charge is 0.326 e. The number of piperidine rings is 1. The lowest BCUT2D eigenvalue weighted by Gasteiger charge is -2.34. The number of rotatable bonds is 11. The molecule has 4 aromatic rings. The van der Waals surface area contributed by atoms with Gasteiger partial charge in [0.25, 0.3) is 5.91 Å². The number of nitrogens with zero attached hydrogens (tertiary/aromatic N) is 4. The molecule has 1 amide bonds. The number of carboxylic acid groups (broad SMARTS) is 1. The van der Waals surface area contributed by atoms with Gasteiger partial charge in [0, 0.05) is 61.6 Å². The highest BCUT2D eigenvalue weighted by atomic mass is 16.4. The summed E-state index contributed by atoms with van der Waals surface area (Å²) in [6, 6.07) is 16.8. The van der Waals surface area contributed by atoms with Crippen LogP contribution in [0.3, 0.4) is 0 Å². The Kier molecular flexibility index (Phi) is 9.16. The molecule has 42 heavy (non-hydrogen) atoms. The van der Waals surface area contributed by atoms with Gasteiger partial charge < -0.3 is 25.2 Å². The summed E-state index contributed by atoms with van der Waals surface area (Å²) < 4.78 is 1.89. The van der Waals surface area contributed by atoms with E-state index in [1.165, 1.54) is 0 Å². The van der Waals surface area contributed by atoms with Gasteiger partial charge in [-0.3, -0.25) is 4.79 Å². The van der Waals surface area contributed by atoms with E-state index in [2.05, 4.69) is 37.6 Å². The van der Waals surface area contributed by atoms with Crippen molar-refractivity contribution in [1.82, 2.24) is 19.9 Å². The van der Waals surface area contributed by atoms with Crippen LogP contribution in [0.2, 0.25) is 0 Å². The van der Waals surface area contributed by atoms with Gasteiger partial charge in [-0.2, -0.15) is 0 Å². The molecule has 1 saturated heterocycles. The second-order valence-corrected chi connectivity index (χ2v) is 10.9. The molecule has 3 heterocycles. The number of imidazole rings is 1. The van der Waals surface area contributed by atoms with E-state index < -0.39 is 12.0 Å². The van der Waals surface area contributed by atoms with E-state index in [0.29, 0.717) is 17.9 Å². The van der Waals surface area contributed by atoms with Gasteiger partial charge in [-0.05, 0) is 85.2 Å². The first-order valence-corrected chi connectivity index (χ1v) is 14.6. The van der Waals surface area contributed by atoms with Crippen molar-refractivity contribution in [3.05, 3.63) is 102 Å². The summed E-state index contributed by atoms with van der Waals surface area (Å²) in [6.07, 6.45) is 10.1. The zero-order valence-electron chi connectivity index (χ0n) is 24.2. The molecule has 2 aromatic heterocycles. The molecular formula is C33H38N6O3. The summed E-state index contributed by atoms with van der Waals surface area (Å²) in [7, 11) is 0. The van der Waals surface area contributed by atoms with Crippen LogP contribution in [0, 0.1) is 12.8 Å². The Morgan fingerprint density at radius 1 is 1.05 bits per heavy atom. The van der Waals surface area contributed by atoms with Gasteiger partial charge in [0.2, 0.25) is 0 Å². The molecule has 218 valence electrons. The monoisotopic (exact) mass is 566 g/mol. The number of amides is 1.